The Kier molecular flexibility index (Phi) is 2.23. The summed E-state index contributed by atoms with van der Waals surface area (Å²) in [6, 6.07) is 4.11. The number of fused-ring (bicyclic) bond motifs is 1. The number of thiazole rings is 1. The molecule has 0 atom stereocenters. The van der Waals surface area contributed by atoms with Gasteiger partial charge in [0.25, 0.3) is 0 Å². The molecule has 0 fully saturated rings. The highest BCUT2D eigenvalue weighted by Gasteiger charge is 2.06. The van der Waals surface area contributed by atoms with Gasteiger partial charge in [-0.2, -0.15) is 0 Å². The molecule has 12 heavy (non-hydrogen) atoms. The lowest BCUT2D eigenvalue weighted by atomic mass is 10.2. The van der Waals surface area contributed by atoms with E-state index in [2.05, 4.69) is 49.8 Å². The SMILES string of the molecule is Cc1ccc2nc(Br)sc2c1Br. The number of aromatic nitrogens is 1. The zero-order valence-electron chi connectivity index (χ0n) is 6.27. The van der Waals surface area contributed by atoms with Crippen molar-refractivity contribution in [1.82, 2.24) is 4.98 Å². The number of benzene rings is 1. The monoisotopic (exact) mass is 305 g/mol. The Hall–Kier alpha value is 0.0700. The second kappa shape index (κ2) is 3.09. The molecular formula is C8H5Br2NS. The molecule has 1 nitrogen and oxygen atoms in total. The fraction of sp³-hybridized carbons (Fsp3) is 0.125. The topological polar surface area (TPSA) is 12.9 Å². The lowest BCUT2D eigenvalue weighted by molar-refractivity contribution is 1.42. The number of hydrogen-bond donors (Lipinski definition) is 0. The number of halogens is 2. The summed E-state index contributed by atoms with van der Waals surface area (Å²) >= 11 is 8.57. The van der Waals surface area contributed by atoms with Crippen molar-refractivity contribution >= 4 is 53.4 Å². The number of rotatable bonds is 0. The summed E-state index contributed by atoms with van der Waals surface area (Å²) in [5.41, 5.74) is 2.29. The van der Waals surface area contributed by atoms with Crippen LogP contribution < -0.4 is 0 Å². The van der Waals surface area contributed by atoms with E-state index in [0.717, 1.165) is 13.9 Å². The number of aryl methyl sites for hydroxylation is 1. The first-order valence-electron chi connectivity index (χ1n) is 3.39. The highest BCUT2D eigenvalue weighted by atomic mass is 79.9. The van der Waals surface area contributed by atoms with Gasteiger partial charge in [0.1, 0.15) is 0 Å². The molecule has 62 valence electrons. The van der Waals surface area contributed by atoms with E-state index in [1.807, 2.05) is 6.07 Å². The summed E-state index contributed by atoms with van der Waals surface area (Å²) in [5, 5.41) is 0. The lowest BCUT2D eigenvalue weighted by Crippen LogP contribution is -1.74. The molecule has 0 bridgehead atoms. The Morgan fingerprint density at radius 2 is 2.08 bits per heavy atom. The van der Waals surface area contributed by atoms with Crippen LogP contribution in [0.15, 0.2) is 20.5 Å². The average molecular weight is 307 g/mol. The van der Waals surface area contributed by atoms with E-state index in [4.69, 9.17) is 0 Å². The smallest absolute Gasteiger partial charge is 0.160 e. The first-order valence-corrected chi connectivity index (χ1v) is 5.80. The van der Waals surface area contributed by atoms with Crippen molar-refractivity contribution in [3.63, 3.8) is 0 Å². The summed E-state index contributed by atoms with van der Waals surface area (Å²) in [6.07, 6.45) is 0. The van der Waals surface area contributed by atoms with Crippen LogP contribution in [0, 0.1) is 6.92 Å². The van der Waals surface area contributed by atoms with Gasteiger partial charge in [-0.25, -0.2) is 4.98 Å². The second-order valence-corrected chi connectivity index (χ2v) is 5.58. The van der Waals surface area contributed by atoms with Crippen LogP contribution in [-0.2, 0) is 0 Å². The standard InChI is InChI=1S/C8H5Br2NS/c1-4-2-3-5-7(6(4)9)12-8(10)11-5/h2-3H,1H3. The summed E-state index contributed by atoms with van der Waals surface area (Å²) in [6.45, 7) is 2.08. The summed E-state index contributed by atoms with van der Waals surface area (Å²) in [7, 11) is 0. The molecule has 0 saturated carbocycles. The molecule has 0 amide bonds. The molecule has 0 aliphatic carbocycles. The van der Waals surface area contributed by atoms with E-state index in [1.165, 1.54) is 10.3 Å². The summed E-state index contributed by atoms with van der Waals surface area (Å²) in [5.74, 6) is 0. The Morgan fingerprint density at radius 3 is 2.83 bits per heavy atom. The minimum Gasteiger partial charge on any atom is -0.229 e. The van der Waals surface area contributed by atoms with Crippen LogP contribution in [-0.4, -0.2) is 4.98 Å². The molecule has 0 aliphatic rings. The zero-order valence-corrected chi connectivity index (χ0v) is 10.3. The van der Waals surface area contributed by atoms with Crippen LogP contribution in [0.5, 0.6) is 0 Å². The highest BCUT2D eigenvalue weighted by Crippen LogP contribution is 2.33. The van der Waals surface area contributed by atoms with Crippen molar-refractivity contribution in [2.75, 3.05) is 0 Å². The van der Waals surface area contributed by atoms with Gasteiger partial charge in [-0.15, -0.1) is 11.3 Å². The lowest BCUT2D eigenvalue weighted by Gasteiger charge is -1.96. The van der Waals surface area contributed by atoms with E-state index >= 15 is 0 Å². The van der Waals surface area contributed by atoms with E-state index in [0.29, 0.717) is 0 Å². The largest absolute Gasteiger partial charge is 0.229 e. The fourth-order valence-corrected chi connectivity index (χ4v) is 3.07. The molecule has 2 rings (SSSR count). The third-order valence-corrected chi connectivity index (χ3v) is 4.49. The molecule has 0 radical (unpaired) electrons. The molecule has 4 heteroatoms. The third-order valence-electron chi connectivity index (χ3n) is 1.66. The fourth-order valence-electron chi connectivity index (χ4n) is 1.03. The maximum atomic E-state index is 4.32. The zero-order chi connectivity index (χ0) is 8.72. The Bertz CT molecular complexity index is 436. The van der Waals surface area contributed by atoms with Crippen molar-refractivity contribution in [2.45, 2.75) is 6.92 Å². The number of hydrogen-bond acceptors (Lipinski definition) is 2. The van der Waals surface area contributed by atoms with Crippen molar-refractivity contribution < 1.29 is 0 Å². The quantitative estimate of drug-likeness (QED) is 0.713. The normalized spacial score (nSPS) is 10.9. The maximum Gasteiger partial charge on any atom is 0.160 e. The minimum absolute atomic E-state index is 0.934. The number of nitrogens with zero attached hydrogens (tertiary/aromatic N) is 1. The molecule has 1 aromatic heterocycles. The molecular weight excluding hydrogens is 302 g/mol. The molecule has 2 aromatic rings. The first-order chi connectivity index (χ1) is 5.68. The van der Waals surface area contributed by atoms with Crippen LogP contribution >= 0.6 is 43.2 Å². The van der Waals surface area contributed by atoms with E-state index in [9.17, 15) is 0 Å². The average Bonchev–Trinajstić information content (AvgIpc) is 2.39. The maximum absolute atomic E-state index is 4.32. The third kappa shape index (κ3) is 1.32. The summed E-state index contributed by atoms with van der Waals surface area (Å²) < 4.78 is 3.30. The summed E-state index contributed by atoms with van der Waals surface area (Å²) in [4.78, 5) is 4.32. The van der Waals surface area contributed by atoms with Gasteiger partial charge in [-0.05, 0) is 50.4 Å². The minimum atomic E-state index is 0.934. The molecule has 0 aliphatic heterocycles. The van der Waals surface area contributed by atoms with Crippen LogP contribution in [0.2, 0.25) is 0 Å². The van der Waals surface area contributed by atoms with Crippen molar-refractivity contribution in [2.24, 2.45) is 0 Å². The van der Waals surface area contributed by atoms with Crippen molar-refractivity contribution in [3.05, 3.63) is 26.1 Å². The molecule has 0 unspecified atom stereocenters. The van der Waals surface area contributed by atoms with Crippen molar-refractivity contribution in [1.29, 1.82) is 0 Å². The van der Waals surface area contributed by atoms with E-state index < -0.39 is 0 Å². The first kappa shape index (κ1) is 8.66. The molecule has 0 N–H and O–H groups in total. The highest BCUT2D eigenvalue weighted by molar-refractivity contribution is 9.11. The molecule has 0 spiro atoms. The van der Waals surface area contributed by atoms with Crippen LogP contribution in [0.4, 0.5) is 0 Å². The van der Waals surface area contributed by atoms with Crippen LogP contribution in [0.3, 0.4) is 0 Å². The van der Waals surface area contributed by atoms with Crippen LogP contribution in [0.25, 0.3) is 10.2 Å². The Morgan fingerprint density at radius 1 is 1.33 bits per heavy atom. The van der Waals surface area contributed by atoms with Gasteiger partial charge < -0.3 is 0 Å². The van der Waals surface area contributed by atoms with Crippen molar-refractivity contribution in [3.8, 4) is 0 Å². The van der Waals surface area contributed by atoms with Gasteiger partial charge in [0.05, 0.1) is 10.2 Å². The molecule has 1 heterocycles. The van der Waals surface area contributed by atoms with E-state index in [1.54, 1.807) is 11.3 Å². The second-order valence-electron chi connectivity index (χ2n) is 2.51. The Balaban J connectivity index is 2.89. The van der Waals surface area contributed by atoms with Gasteiger partial charge in [-0.1, -0.05) is 6.07 Å². The predicted octanol–water partition coefficient (Wildman–Crippen LogP) is 4.13. The van der Waals surface area contributed by atoms with Gasteiger partial charge in [-0.3, -0.25) is 0 Å². The molecule has 1 aromatic carbocycles. The van der Waals surface area contributed by atoms with Crippen LogP contribution in [0.1, 0.15) is 5.56 Å². The van der Waals surface area contributed by atoms with Gasteiger partial charge in [0, 0.05) is 4.47 Å². The van der Waals surface area contributed by atoms with Gasteiger partial charge >= 0.3 is 0 Å². The van der Waals surface area contributed by atoms with Gasteiger partial charge in [0.2, 0.25) is 0 Å². The predicted molar refractivity (Wildman–Crippen MR) is 59.8 cm³/mol. The molecule has 0 saturated heterocycles. The Labute approximate surface area is 91.1 Å². The van der Waals surface area contributed by atoms with Gasteiger partial charge in [0.15, 0.2) is 3.92 Å². The van der Waals surface area contributed by atoms with E-state index in [-0.39, 0.29) is 0 Å².